The van der Waals surface area contributed by atoms with Crippen molar-refractivity contribution in [3.63, 3.8) is 0 Å². The fourth-order valence-electron chi connectivity index (χ4n) is 1.95. The van der Waals surface area contributed by atoms with Gasteiger partial charge in [0.05, 0.1) is 5.54 Å². The molecule has 0 fully saturated rings. The molecule has 2 N–H and O–H groups in total. The van der Waals surface area contributed by atoms with Crippen LogP contribution in [0.2, 0.25) is 0 Å². The van der Waals surface area contributed by atoms with Gasteiger partial charge in [0.1, 0.15) is 5.82 Å². The maximum Gasteiger partial charge on any atom is 0.194 e. The minimum atomic E-state index is -1.62. The van der Waals surface area contributed by atoms with Gasteiger partial charge in [0.25, 0.3) is 0 Å². The summed E-state index contributed by atoms with van der Waals surface area (Å²) in [6.07, 6.45) is 0. The van der Waals surface area contributed by atoms with E-state index in [1.165, 1.54) is 25.1 Å². The Balaban J connectivity index is 2.64. The lowest BCUT2D eigenvalue weighted by molar-refractivity contribution is 0.421. The Kier molecular flexibility index (Phi) is 3.32. The molecule has 0 aromatic heterocycles. The first kappa shape index (κ1) is 13.5. The number of nitrogens with two attached hydrogens (primary N) is 1. The predicted molar refractivity (Wildman–Crippen MR) is 63.4 cm³/mol. The van der Waals surface area contributed by atoms with Crippen LogP contribution in [0, 0.1) is 23.3 Å². The number of halogens is 4. The van der Waals surface area contributed by atoms with Crippen molar-refractivity contribution in [1.29, 1.82) is 0 Å². The second-order valence-electron chi connectivity index (χ2n) is 4.41. The molecule has 2 aromatic carbocycles. The van der Waals surface area contributed by atoms with Crippen molar-refractivity contribution in [2.24, 2.45) is 5.73 Å². The Morgan fingerprint density at radius 1 is 0.789 bits per heavy atom. The Bertz CT molecular complexity index is 623. The summed E-state index contributed by atoms with van der Waals surface area (Å²) in [5.41, 5.74) is 3.99. The van der Waals surface area contributed by atoms with E-state index in [9.17, 15) is 17.6 Å². The molecule has 0 aliphatic rings. The summed E-state index contributed by atoms with van der Waals surface area (Å²) in [6, 6.07) is 7.30. The lowest BCUT2D eigenvalue weighted by Gasteiger charge is -2.27. The molecule has 0 bridgehead atoms. The van der Waals surface area contributed by atoms with Gasteiger partial charge < -0.3 is 5.73 Å². The zero-order chi connectivity index (χ0) is 14.2. The van der Waals surface area contributed by atoms with E-state index in [2.05, 4.69) is 0 Å². The van der Waals surface area contributed by atoms with Gasteiger partial charge in [-0.25, -0.2) is 17.6 Å². The Morgan fingerprint density at radius 2 is 1.42 bits per heavy atom. The second kappa shape index (κ2) is 4.66. The van der Waals surface area contributed by atoms with Gasteiger partial charge in [-0.1, -0.05) is 24.3 Å². The summed E-state index contributed by atoms with van der Waals surface area (Å²) in [6.45, 7) is 1.33. The SMILES string of the molecule is CC(N)(c1ccccc1F)c1ccc(F)c(F)c1F. The molecule has 1 unspecified atom stereocenters. The standard InChI is InChI=1S/C14H11F4N/c1-14(19,8-4-2-3-5-10(8)15)9-6-7-11(16)13(18)12(9)17/h2-7H,19H2,1H3. The summed E-state index contributed by atoms with van der Waals surface area (Å²) < 4.78 is 53.6. The highest BCUT2D eigenvalue weighted by Gasteiger charge is 2.31. The highest BCUT2D eigenvalue weighted by Crippen LogP contribution is 2.31. The Morgan fingerprint density at radius 3 is 2.05 bits per heavy atom. The van der Waals surface area contributed by atoms with Crippen LogP contribution in [0.4, 0.5) is 17.6 Å². The van der Waals surface area contributed by atoms with Crippen molar-refractivity contribution >= 4 is 0 Å². The van der Waals surface area contributed by atoms with Crippen LogP contribution in [0.1, 0.15) is 18.1 Å². The van der Waals surface area contributed by atoms with E-state index in [1.54, 1.807) is 0 Å². The molecule has 19 heavy (non-hydrogen) atoms. The second-order valence-corrected chi connectivity index (χ2v) is 4.41. The van der Waals surface area contributed by atoms with Gasteiger partial charge >= 0.3 is 0 Å². The topological polar surface area (TPSA) is 26.0 Å². The van der Waals surface area contributed by atoms with Gasteiger partial charge in [0.2, 0.25) is 0 Å². The average Bonchev–Trinajstić information content (AvgIpc) is 2.36. The third kappa shape index (κ3) is 2.21. The van der Waals surface area contributed by atoms with Gasteiger partial charge in [-0.3, -0.25) is 0 Å². The first-order valence-corrected chi connectivity index (χ1v) is 5.53. The Hall–Kier alpha value is -1.88. The largest absolute Gasteiger partial charge is 0.318 e. The van der Waals surface area contributed by atoms with Crippen molar-refractivity contribution in [2.45, 2.75) is 12.5 Å². The smallest absolute Gasteiger partial charge is 0.194 e. The third-order valence-corrected chi connectivity index (χ3v) is 3.03. The molecule has 0 saturated carbocycles. The summed E-state index contributed by atoms with van der Waals surface area (Å²) in [5.74, 6) is -4.99. The molecule has 0 aliphatic heterocycles. The van der Waals surface area contributed by atoms with Crippen LogP contribution >= 0.6 is 0 Å². The third-order valence-electron chi connectivity index (χ3n) is 3.03. The Labute approximate surface area is 107 Å². The number of hydrogen-bond acceptors (Lipinski definition) is 1. The van der Waals surface area contributed by atoms with E-state index in [1.807, 2.05) is 0 Å². The normalized spacial score (nSPS) is 14.2. The molecule has 0 spiro atoms. The molecule has 0 amide bonds. The van der Waals surface area contributed by atoms with Crippen LogP contribution in [0.3, 0.4) is 0 Å². The van der Waals surface area contributed by atoms with E-state index in [-0.39, 0.29) is 11.1 Å². The highest BCUT2D eigenvalue weighted by molar-refractivity contribution is 5.39. The van der Waals surface area contributed by atoms with Crippen LogP contribution in [0.5, 0.6) is 0 Å². The molecule has 100 valence electrons. The fourth-order valence-corrected chi connectivity index (χ4v) is 1.95. The molecule has 0 saturated heterocycles. The zero-order valence-electron chi connectivity index (χ0n) is 10.1. The maximum absolute atomic E-state index is 13.8. The lowest BCUT2D eigenvalue weighted by atomic mass is 9.85. The van der Waals surface area contributed by atoms with Crippen molar-refractivity contribution in [1.82, 2.24) is 0 Å². The van der Waals surface area contributed by atoms with Gasteiger partial charge in [-0.15, -0.1) is 0 Å². The molecule has 0 heterocycles. The van der Waals surface area contributed by atoms with Crippen LogP contribution < -0.4 is 5.73 Å². The van der Waals surface area contributed by atoms with Crippen LogP contribution in [0.15, 0.2) is 36.4 Å². The van der Waals surface area contributed by atoms with E-state index < -0.39 is 28.8 Å². The molecular formula is C14H11F4N. The maximum atomic E-state index is 13.8. The summed E-state index contributed by atoms with van der Waals surface area (Å²) >= 11 is 0. The summed E-state index contributed by atoms with van der Waals surface area (Å²) in [4.78, 5) is 0. The summed E-state index contributed by atoms with van der Waals surface area (Å²) in [5, 5.41) is 0. The molecule has 0 aliphatic carbocycles. The van der Waals surface area contributed by atoms with E-state index in [0.29, 0.717) is 0 Å². The van der Waals surface area contributed by atoms with Gasteiger partial charge in [-0.2, -0.15) is 0 Å². The van der Waals surface area contributed by atoms with Crippen LogP contribution in [0.25, 0.3) is 0 Å². The zero-order valence-corrected chi connectivity index (χ0v) is 10.1. The van der Waals surface area contributed by atoms with E-state index in [0.717, 1.165) is 18.2 Å². The van der Waals surface area contributed by atoms with Crippen molar-refractivity contribution in [3.8, 4) is 0 Å². The molecule has 1 nitrogen and oxygen atoms in total. The van der Waals surface area contributed by atoms with Crippen LogP contribution in [-0.4, -0.2) is 0 Å². The molecule has 0 radical (unpaired) electrons. The minimum Gasteiger partial charge on any atom is -0.318 e. The molecule has 2 rings (SSSR count). The first-order chi connectivity index (χ1) is 8.85. The molecule has 2 aromatic rings. The predicted octanol–water partition coefficient (Wildman–Crippen LogP) is 3.47. The van der Waals surface area contributed by atoms with Gasteiger partial charge in [-0.05, 0) is 19.1 Å². The number of benzene rings is 2. The number of hydrogen-bond donors (Lipinski definition) is 1. The quantitative estimate of drug-likeness (QED) is 0.655. The number of rotatable bonds is 2. The van der Waals surface area contributed by atoms with Crippen LogP contribution in [-0.2, 0) is 5.54 Å². The van der Waals surface area contributed by atoms with Crippen molar-refractivity contribution in [2.75, 3.05) is 0 Å². The minimum absolute atomic E-state index is 0.0000850. The van der Waals surface area contributed by atoms with Crippen molar-refractivity contribution < 1.29 is 17.6 Å². The fraction of sp³-hybridized carbons (Fsp3) is 0.143. The van der Waals surface area contributed by atoms with Crippen molar-refractivity contribution in [3.05, 3.63) is 70.8 Å². The average molecular weight is 269 g/mol. The van der Waals surface area contributed by atoms with Gasteiger partial charge in [0, 0.05) is 11.1 Å². The summed E-state index contributed by atoms with van der Waals surface area (Å²) in [7, 11) is 0. The lowest BCUT2D eigenvalue weighted by Crippen LogP contribution is -2.36. The van der Waals surface area contributed by atoms with E-state index in [4.69, 9.17) is 5.73 Å². The van der Waals surface area contributed by atoms with E-state index >= 15 is 0 Å². The first-order valence-electron chi connectivity index (χ1n) is 5.53. The molecular weight excluding hydrogens is 258 g/mol. The molecule has 5 heteroatoms. The highest BCUT2D eigenvalue weighted by atomic mass is 19.2. The van der Waals surface area contributed by atoms with Gasteiger partial charge in [0.15, 0.2) is 17.5 Å². The molecule has 1 atom stereocenters. The monoisotopic (exact) mass is 269 g/mol.